The van der Waals surface area contributed by atoms with Crippen molar-refractivity contribution < 1.29 is 14.4 Å². The maximum Gasteiger partial charge on any atom is 0.279 e. The van der Waals surface area contributed by atoms with Gasteiger partial charge in [0.25, 0.3) is 5.91 Å². The number of amides is 1. The first-order chi connectivity index (χ1) is 9.08. The molecule has 19 heavy (non-hydrogen) atoms. The van der Waals surface area contributed by atoms with Gasteiger partial charge in [0, 0.05) is 21.2 Å². The minimum absolute atomic E-state index is 0.284. The van der Waals surface area contributed by atoms with E-state index in [4.69, 9.17) is 9.57 Å². The highest BCUT2D eigenvalue weighted by Gasteiger charge is 2.24. The fraction of sp³-hybridized carbons (Fsp3) is 0.417. The molecule has 2 rings (SSSR count). The molecule has 2 aromatic rings. The molecule has 0 bridgehead atoms. The lowest BCUT2D eigenvalue weighted by atomic mass is 10.1. The normalized spacial score (nSPS) is 12.6. The molecule has 1 heterocycles. The lowest BCUT2D eigenvalue weighted by Crippen LogP contribution is -2.31. The summed E-state index contributed by atoms with van der Waals surface area (Å²) in [5.41, 5.74) is 2.32. The molecule has 1 amide bonds. The Morgan fingerprint density at radius 3 is 2.79 bits per heavy atom. The highest BCUT2D eigenvalue weighted by molar-refractivity contribution is 5.83. The summed E-state index contributed by atoms with van der Waals surface area (Å²) in [6, 6.07) is 5.47. The number of rotatable bonds is 4. The zero-order valence-corrected chi connectivity index (χ0v) is 11.3. The summed E-state index contributed by atoms with van der Waals surface area (Å²) in [6.07, 6.45) is -0.726. The van der Waals surface area contributed by atoms with Crippen molar-refractivity contribution in [3.8, 4) is 0 Å². The van der Waals surface area contributed by atoms with Crippen molar-refractivity contribution in [1.29, 1.82) is 0 Å². The Morgan fingerprint density at radius 2 is 2.16 bits per heavy atom. The van der Waals surface area contributed by atoms with E-state index in [1.807, 2.05) is 19.2 Å². The molecule has 1 atom stereocenters. The minimum atomic E-state index is -0.726. The Kier molecular flexibility index (Phi) is 3.77. The van der Waals surface area contributed by atoms with Gasteiger partial charge in [-0.05, 0) is 17.7 Å². The molecule has 1 unspecified atom stereocenters. The van der Waals surface area contributed by atoms with Crippen molar-refractivity contribution in [2.75, 3.05) is 21.3 Å². The third-order valence-corrected chi connectivity index (χ3v) is 2.98. The Morgan fingerprint density at radius 1 is 1.42 bits per heavy atom. The van der Waals surface area contributed by atoms with Crippen LogP contribution < -0.4 is 0 Å². The minimum Gasteiger partial charge on any atom is -0.367 e. The zero-order chi connectivity index (χ0) is 14.0. The van der Waals surface area contributed by atoms with E-state index in [1.54, 1.807) is 10.7 Å². The number of hydrogen-bond acceptors (Lipinski definition) is 5. The molecule has 0 aliphatic rings. The lowest BCUT2D eigenvalue weighted by molar-refractivity contribution is -0.179. The molecule has 0 radical (unpaired) electrons. The van der Waals surface area contributed by atoms with Crippen molar-refractivity contribution >= 4 is 16.9 Å². The van der Waals surface area contributed by atoms with Crippen LogP contribution in [-0.2, 0) is 21.4 Å². The molecule has 0 aliphatic carbocycles. The summed E-state index contributed by atoms with van der Waals surface area (Å²) in [6.45, 7) is 0. The van der Waals surface area contributed by atoms with Crippen LogP contribution in [0.2, 0.25) is 0 Å². The molecular weight excluding hydrogens is 248 g/mol. The van der Waals surface area contributed by atoms with E-state index >= 15 is 0 Å². The average Bonchev–Trinajstić information content (AvgIpc) is 2.80. The first kappa shape index (κ1) is 13.4. The number of hydrogen-bond donors (Lipinski definition) is 0. The molecule has 0 saturated heterocycles. The molecule has 0 N–H and O–H groups in total. The number of carbonyl (C=O) groups is 1. The van der Waals surface area contributed by atoms with Crippen molar-refractivity contribution in [2.24, 2.45) is 7.05 Å². The predicted octanol–water partition coefficient (Wildman–Crippen LogP) is 0.676. The molecule has 1 aromatic carbocycles. The summed E-state index contributed by atoms with van der Waals surface area (Å²) in [7, 11) is 6.26. The topological polar surface area (TPSA) is 69.5 Å². The lowest BCUT2D eigenvalue weighted by Gasteiger charge is -2.20. The largest absolute Gasteiger partial charge is 0.367 e. The van der Waals surface area contributed by atoms with Gasteiger partial charge in [0.2, 0.25) is 0 Å². The number of methoxy groups -OCH3 is 1. The Bertz CT molecular complexity index is 596. The van der Waals surface area contributed by atoms with Gasteiger partial charge in [0.05, 0.1) is 12.6 Å². The molecule has 102 valence electrons. The van der Waals surface area contributed by atoms with Crippen LogP contribution in [0, 0.1) is 0 Å². The third-order valence-electron chi connectivity index (χ3n) is 2.98. The average molecular weight is 264 g/mol. The standard InChI is InChI=1S/C12H16N4O3/c1-15-10-6-5-8(7-9(10)13-14-15)11(18-3)12(17)16(2)19-4/h5-7,11H,1-4H3. The van der Waals surface area contributed by atoms with Crippen molar-refractivity contribution in [2.45, 2.75) is 6.10 Å². The van der Waals surface area contributed by atoms with Crippen LogP contribution in [0.4, 0.5) is 0 Å². The highest BCUT2D eigenvalue weighted by atomic mass is 16.7. The first-order valence-corrected chi connectivity index (χ1v) is 5.72. The molecule has 7 nitrogen and oxygen atoms in total. The molecular formula is C12H16N4O3. The van der Waals surface area contributed by atoms with E-state index in [9.17, 15) is 4.79 Å². The Labute approximate surface area is 110 Å². The summed E-state index contributed by atoms with van der Waals surface area (Å²) in [5.74, 6) is -0.284. The van der Waals surface area contributed by atoms with Crippen LogP contribution in [0.15, 0.2) is 18.2 Å². The number of hydroxylamine groups is 2. The van der Waals surface area contributed by atoms with Crippen molar-refractivity contribution in [3.05, 3.63) is 23.8 Å². The number of ether oxygens (including phenoxy) is 1. The number of carbonyl (C=O) groups excluding carboxylic acids is 1. The second-order valence-corrected chi connectivity index (χ2v) is 4.10. The quantitative estimate of drug-likeness (QED) is 0.759. The van der Waals surface area contributed by atoms with Gasteiger partial charge in [-0.25, -0.2) is 9.75 Å². The van der Waals surface area contributed by atoms with Crippen LogP contribution in [-0.4, -0.2) is 47.2 Å². The predicted molar refractivity (Wildman–Crippen MR) is 68.0 cm³/mol. The van der Waals surface area contributed by atoms with Crippen molar-refractivity contribution in [3.63, 3.8) is 0 Å². The Balaban J connectivity index is 2.38. The summed E-state index contributed by atoms with van der Waals surface area (Å²) >= 11 is 0. The Hall–Kier alpha value is -1.99. The van der Waals surface area contributed by atoms with Crippen LogP contribution in [0.25, 0.3) is 11.0 Å². The second kappa shape index (κ2) is 5.33. The van der Waals surface area contributed by atoms with Crippen molar-refractivity contribution in [1.82, 2.24) is 20.1 Å². The third kappa shape index (κ3) is 2.42. The van der Waals surface area contributed by atoms with Gasteiger partial charge in [0.15, 0.2) is 6.10 Å². The van der Waals surface area contributed by atoms with Crippen LogP contribution in [0.3, 0.4) is 0 Å². The van der Waals surface area contributed by atoms with Gasteiger partial charge in [-0.3, -0.25) is 9.63 Å². The number of fused-ring (bicyclic) bond motifs is 1. The number of aromatic nitrogens is 3. The molecule has 0 saturated carbocycles. The molecule has 7 heteroatoms. The number of aryl methyl sites for hydroxylation is 1. The van der Waals surface area contributed by atoms with E-state index in [0.717, 1.165) is 16.1 Å². The maximum absolute atomic E-state index is 12.1. The number of likely N-dealkylation sites (N-methyl/N-ethyl adjacent to an activating group) is 1. The molecule has 1 aromatic heterocycles. The fourth-order valence-electron chi connectivity index (χ4n) is 1.86. The van der Waals surface area contributed by atoms with Crippen LogP contribution in [0.1, 0.15) is 11.7 Å². The van der Waals surface area contributed by atoms with E-state index in [1.165, 1.54) is 21.3 Å². The molecule has 0 aliphatic heterocycles. The van der Waals surface area contributed by atoms with Gasteiger partial charge in [-0.2, -0.15) is 0 Å². The van der Waals surface area contributed by atoms with Gasteiger partial charge in [-0.1, -0.05) is 11.3 Å². The smallest absolute Gasteiger partial charge is 0.279 e. The maximum atomic E-state index is 12.1. The number of nitrogens with zero attached hydrogens (tertiary/aromatic N) is 4. The highest BCUT2D eigenvalue weighted by Crippen LogP contribution is 2.22. The molecule has 0 fully saturated rings. The second-order valence-electron chi connectivity index (χ2n) is 4.10. The number of benzene rings is 1. The monoisotopic (exact) mass is 264 g/mol. The van der Waals surface area contributed by atoms with Gasteiger partial charge in [0.1, 0.15) is 5.52 Å². The fourth-order valence-corrected chi connectivity index (χ4v) is 1.86. The SMILES string of the molecule is COC(C(=O)N(C)OC)c1ccc2c(c1)nnn2C. The summed E-state index contributed by atoms with van der Waals surface area (Å²) < 4.78 is 6.92. The van der Waals surface area contributed by atoms with Gasteiger partial charge in [-0.15, -0.1) is 5.10 Å². The van der Waals surface area contributed by atoms with E-state index in [2.05, 4.69) is 10.3 Å². The van der Waals surface area contributed by atoms with E-state index in [0.29, 0.717) is 5.56 Å². The summed E-state index contributed by atoms with van der Waals surface area (Å²) in [4.78, 5) is 17.0. The van der Waals surface area contributed by atoms with Crippen LogP contribution in [0.5, 0.6) is 0 Å². The van der Waals surface area contributed by atoms with E-state index in [-0.39, 0.29) is 5.91 Å². The zero-order valence-electron chi connectivity index (χ0n) is 11.3. The van der Waals surface area contributed by atoms with Crippen LogP contribution >= 0.6 is 0 Å². The first-order valence-electron chi connectivity index (χ1n) is 5.72. The van der Waals surface area contributed by atoms with Gasteiger partial charge < -0.3 is 4.74 Å². The summed E-state index contributed by atoms with van der Waals surface area (Å²) in [5, 5.41) is 9.08. The van der Waals surface area contributed by atoms with E-state index < -0.39 is 6.10 Å². The molecule has 0 spiro atoms. The van der Waals surface area contributed by atoms with Gasteiger partial charge >= 0.3 is 0 Å².